The Balaban J connectivity index is 2.73. The lowest BCUT2D eigenvalue weighted by molar-refractivity contribution is 0.510. The topological polar surface area (TPSA) is 35.1 Å². The summed E-state index contributed by atoms with van der Waals surface area (Å²) in [5.74, 6) is 0.632. The highest BCUT2D eigenvalue weighted by Gasteiger charge is 2.29. The molecule has 0 aliphatic heterocycles. The first-order valence-corrected chi connectivity index (χ1v) is 7.92. The van der Waals surface area contributed by atoms with Gasteiger partial charge in [-0.2, -0.15) is 0 Å². The Morgan fingerprint density at radius 2 is 1.89 bits per heavy atom. The van der Waals surface area contributed by atoms with Gasteiger partial charge >= 0.3 is 0 Å². The zero-order valence-corrected chi connectivity index (χ0v) is 12.9. The van der Waals surface area contributed by atoms with E-state index in [2.05, 4.69) is 16.9 Å². The minimum absolute atomic E-state index is 0.102. The van der Waals surface area contributed by atoms with Crippen LogP contribution in [-0.4, -0.2) is 15.2 Å². The number of benzene rings is 1. The molecule has 0 heterocycles. The van der Waals surface area contributed by atoms with Gasteiger partial charge < -0.3 is 4.55 Å². The molecule has 102 valence electrons. The summed E-state index contributed by atoms with van der Waals surface area (Å²) >= 11 is 4.69. The zero-order chi connectivity index (χ0) is 13.6. The molecule has 2 atom stereocenters. The highest BCUT2D eigenvalue weighted by atomic mass is 35.5. The number of nitrogens with one attached hydrogen (secondary N) is 1. The predicted molar refractivity (Wildman–Crippen MR) is 80.2 cm³/mol. The number of hydrogen-bond donors (Lipinski definition) is 1. The molecular formula is C14H22ClNOS. The van der Waals surface area contributed by atoms with E-state index in [0.717, 1.165) is 12.8 Å². The van der Waals surface area contributed by atoms with Crippen LogP contribution in [0.3, 0.4) is 0 Å². The van der Waals surface area contributed by atoms with Crippen LogP contribution >= 0.6 is 11.6 Å². The Hall–Kier alpha value is -0.220. The SMILES string of the molecule is CC(C)(C)[S+]([O-])N[C@H](CCCCl)c1ccccc1. The minimum atomic E-state index is -1.06. The average Bonchev–Trinajstić information content (AvgIpc) is 2.34. The molecule has 18 heavy (non-hydrogen) atoms. The summed E-state index contributed by atoms with van der Waals surface area (Å²) in [5.41, 5.74) is 1.17. The Kier molecular flexibility index (Phi) is 6.50. The van der Waals surface area contributed by atoms with Gasteiger partial charge in [0.05, 0.1) is 6.04 Å². The van der Waals surface area contributed by atoms with Crippen LogP contribution < -0.4 is 4.72 Å². The summed E-state index contributed by atoms with van der Waals surface area (Å²) in [7, 11) is 0. The maximum Gasteiger partial charge on any atom is 0.136 e. The van der Waals surface area contributed by atoms with Crippen LogP contribution in [0.4, 0.5) is 0 Å². The summed E-state index contributed by atoms with van der Waals surface area (Å²) in [5, 5.41) is 0. The molecule has 0 spiro atoms. The Morgan fingerprint density at radius 1 is 1.28 bits per heavy atom. The van der Waals surface area contributed by atoms with Gasteiger partial charge in [-0.1, -0.05) is 30.3 Å². The van der Waals surface area contributed by atoms with Gasteiger partial charge in [-0.3, -0.25) is 0 Å². The van der Waals surface area contributed by atoms with Crippen LogP contribution in [0.2, 0.25) is 0 Å². The van der Waals surface area contributed by atoms with E-state index < -0.39 is 11.4 Å². The third-order valence-electron chi connectivity index (χ3n) is 2.63. The van der Waals surface area contributed by atoms with E-state index in [1.54, 1.807) is 0 Å². The largest absolute Gasteiger partial charge is 0.598 e. The Labute approximate surface area is 118 Å². The Morgan fingerprint density at radius 3 is 2.39 bits per heavy atom. The fourth-order valence-electron chi connectivity index (χ4n) is 1.57. The van der Waals surface area contributed by atoms with E-state index in [0.29, 0.717) is 5.88 Å². The van der Waals surface area contributed by atoms with Crippen LogP contribution in [0.5, 0.6) is 0 Å². The van der Waals surface area contributed by atoms with Crippen molar-refractivity contribution in [2.24, 2.45) is 0 Å². The summed E-state index contributed by atoms with van der Waals surface area (Å²) in [6.07, 6.45) is 1.81. The van der Waals surface area contributed by atoms with E-state index in [1.807, 2.05) is 39.0 Å². The van der Waals surface area contributed by atoms with Gasteiger partial charge in [0.1, 0.15) is 4.75 Å². The molecule has 0 bridgehead atoms. The normalized spacial score (nSPS) is 15.4. The van der Waals surface area contributed by atoms with Crippen molar-refractivity contribution in [1.82, 2.24) is 4.72 Å². The van der Waals surface area contributed by atoms with Gasteiger partial charge in [0.2, 0.25) is 0 Å². The molecule has 1 aromatic rings. The summed E-state index contributed by atoms with van der Waals surface area (Å²) < 4.78 is 15.1. The van der Waals surface area contributed by atoms with Crippen LogP contribution in [0.1, 0.15) is 45.2 Å². The predicted octanol–water partition coefficient (Wildman–Crippen LogP) is 3.80. The van der Waals surface area contributed by atoms with Crippen molar-refractivity contribution in [3.8, 4) is 0 Å². The number of halogens is 1. The lowest BCUT2D eigenvalue weighted by atomic mass is 10.0. The van der Waals surface area contributed by atoms with E-state index >= 15 is 0 Å². The third kappa shape index (κ3) is 5.19. The lowest BCUT2D eigenvalue weighted by Crippen LogP contribution is -2.41. The summed E-state index contributed by atoms with van der Waals surface area (Å²) in [6.45, 7) is 5.92. The summed E-state index contributed by atoms with van der Waals surface area (Å²) in [4.78, 5) is 0. The van der Waals surface area contributed by atoms with Gasteiger partial charge in [-0.15, -0.1) is 16.3 Å². The molecule has 0 aliphatic rings. The average molecular weight is 288 g/mol. The first-order valence-electron chi connectivity index (χ1n) is 6.24. The van der Waals surface area contributed by atoms with Crippen molar-refractivity contribution < 1.29 is 4.55 Å². The molecule has 0 aromatic heterocycles. The standard InChI is InChI=1S/C14H22ClNOS/c1-14(2,3)18(17)16-13(10-7-11-15)12-8-5-4-6-9-12/h4-6,8-9,13,16H,7,10-11H2,1-3H3/t13-,18?/m1/s1. The molecule has 0 saturated heterocycles. The van der Waals surface area contributed by atoms with Gasteiger partial charge in [0.25, 0.3) is 0 Å². The number of hydrogen-bond acceptors (Lipinski definition) is 2. The molecular weight excluding hydrogens is 266 g/mol. The smallest absolute Gasteiger partial charge is 0.136 e. The van der Waals surface area contributed by atoms with Crippen LogP contribution in [0.15, 0.2) is 30.3 Å². The second-order valence-electron chi connectivity index (χ2n) is 5.29. The zero-order valence-electron chi connectivity index (χ0n) is 11.3. The monoisotopic (exact) mass is 287 g/mol. The number of rotatable bonds is 6. The maximum absolute atomic E-state index is 12.2. The first-order chi connectivity index (χ1) is 8.45. The van der Waals surface area contributed by atoms with Gasteiger partial charge in [-0.05, 0) is 39.2 Å². The number of alkyl halides is 1. The summed E-state index contributed by atoms with van der Waals surface area (Å²) in [6, 6.07) is 10.2. The van der Waals surface area contributed by atoms with Crippen molar-refractivity contribution in [2.75, 3.05) is 5.88 Å². The third-order valence-corrected chi connectivity index (χ3v) is 4.51. The minimum Gasteiger partial charge on any atom is -0.598 e. The molecule has 0 amide bonds. The fourth-order valence-corrected chi connectivity index (χ4v) is 2.59. The van der Waals surface area contributed by atoms with Crippen molar-refractivity contribution in [3.63, 3.8) is 0 Å². The van der Waals surface area contributed by atoms with Crippen LogP contribution in [0.25, 0.3) is 0 Å². The van der Waals surface area contributed by atoms with Crippen molar-refractivity contribution in [2.45, 2.75) is 44.4 Å². The second kappa shape index (κ2) is 7.39. The first kappa shape index (κ1) is 15.8. The van der Waals surface area contributed by atoms with Crippen molar-refractivity contribution in [3.05, 3.63) is 35.9 Å². The highest BCUT2D eigenvalue weighted by molar-refractivity contribution is 7.90. The van der Waals surface area contributed by atoms with E-state index in [9.17, 15) is 4.55 Å². The molecule has 0 fully saturated rings. The molecule has 1 rings (SSSR count). The molecule has 0 aliphatic carbocycles. The maximum atomic E-state index is 12.2. The lowest BCUT2D eigenvalue weighted by Gasteiger charge is -2.28. The molecule has 0 saturated carbocycles. The van der Waals surface area contributed by atoms with Gasteiger partial charge in [-0.25, -0.2) is 0 Å². The Bertz CT molecular complexity index is 339. The molecule has 1 N–H and O–H groups in total. The van der Waals surface area contributed by atoms with E-state index in [4.69, 9.17) is 11.6 Å². The van der Waals surface area contributed by atoms with E-state index in [-0.39, 0.29) is 10.8 Å². The van der Waals surface area contributed by atoms with Crippen LogP contribution in [0, 0.1) is 0 Å². The van der Waals surface area contributed by atoms with Gasteiger partial charge in [0, 0.05) is 17.2 Å². The quantitative estimate of drug-likeness (QED) is 0.638. The fraction of sp³-hybridized carbons (Fsp3) is 0.571. The molecule has 0 radical (unpaired) electrons. The van der Waals surface area contributed by atoms with Crippen molar-refractivity contribution >= 4 is 23.0 Å². The molecule has 1 unspecified atom stereocenters. The highest BCUT2D eigenvalue weighted by Crippen LogP contribution is 2.23. The molecule has 2 nitrogen and oxygen atoms in total. The molecule has 1 aromatic carbocycles. The van der Waals surface area contributed by atoms with Crippen molar-refractivity contribution in [1.29, 1.82) is 0 Å². The van der Waals surface area contributed by atoms with Crippen LogP contribution in [-0.2, 0) is 11.4 Å². The molecule has 4 heteroatoms. The second-order valence-corrected chi connectivity index (χ2v) is 7.67. The van der Waals surface area contributed by atoms with Gasteiger partial charge in [0.15, 0.2) is 0 Å². The van der Waals surface area contributed by atoms with E-state index in [1.165, 1.54) is 5.56 Å².